The first kappa shape index (κ1) is 6.84. The minimum Gasteiger partial charge on any atom is -0.420 e. The van der Waals surface area contributed by atoms with Crippen LogP contribution in [0.1, 0.15) is 10.4 Å². The number of rotatable bonds is 0. The van der Waals surface area contributed by atoms with Crippen LogP contribution in [0.25, 0.3) is 0 Å². The molecule has 0 saturated heterocycles. The molecule has 4 heteroatoms. The fourth-order valence-electron chi connectivity index (χ4n) is 1.12. The van der Waals surface area contributed by atoms with Crippen molar-refractivity contribution in [2.24, 2.45) is 0 Å². The molecule has 2 N–H and O–H groups in total. The molecule has 0 aromatic heterocycles. The van der Waals surface area contributed by atoms with Crippen LogP contribution >= 0.6 is 0 Å². The van der Waals surface area contributed by atoms with Crippen LogP contribution in [0, 0.1) is 0 Å². The Bertz CT molecular complexity index is 384. The minimum absolute atomic E-state index is 0.183. The maximum Gasteiger partial charge on any atom is 0.385 e. The Morgan fingerprint density at radius 1 is 1.25 bits per heavy atom. The fraction of sp³-hybridized carbons (Fsp3) is 0. The molecule has 1 aromatic rings. The minimum atomic E-state index is -0.858. The van der Waals surface area contributed by atoms with Gasteiger partial charge in [0.2, 0.25) is 0 Å². The van der Waals surface area contributed by atoms with Crippen molar-refractivity contribution in [2.45, 2.75) is 0 Å². The highest BCUT2D eigenvalue weighted by Crippen LogP contribution is 2.29. The van der Waals surface area contributed by atoms with Crippen LogP contribution in [0.4, 0.5) is 5.69 Å². The zero-order valence-electron chi connectivity index (χ0n) is 6.03. The maximum atomic E-state index is 11.1. The summed E-state index contributed by atoms with van der Waals surface area (Å²) in [4.78, 5) is 21.8. The number of esters is 1. The highest BCUT2D eigenvalue weighted by Gasteiger charge is 2.32. The van der Waals surface area contributed by atoms with Crippen molar-refractivity contribution >= 4 is 17.4 Å². The van der Waals surface area contributed by atoms with Crippen LogP contribution in [0.15, 0.2) is 18.2 Å². The summed E-state index contributed by atoms with van der Waals surface area (Å²) in [6.07, 6.45) is 0. The van der Waals surface area contributed by atoms with E-state index in [1.54, 1.807) is 12.1 Å². The number of anilines is 1. The number of carbonyl (C=O) groups is 2. The number of nitrogens with two attached hydrogens (primary N) is 1. The lowest BCUT2D eigenvalue weighted by Crippen LogP contribution is -2.11. The summed E-state index contributed by atoms with van der Waals surface area (Å²) in [5.41, 5.74) is 5.94. The van der Waals surface area contributed by atoms with Gasteiger partial charge >= 0.3 is 5.97 Å². The molecule has 0 unspecified atom stereocenters. The van der Waals surface area contributed by atoms with E-state index >= 15 is 0 Å². The Labute approximate surface area is 67.9 Å². The zero-order chi connectivity index (χ0) is 8.72. The Morgan fingerprint density at radius 2 is 2.00 bits per heavy atom. The Morgan fingerprint density at radius 3 is 2.67 bits per heavy atom. The van der Waals surface area contributed by atoms with Gasteiger partial charge < -0.3 is 10.5 Å². The van der Waals surface area contributed by atoms with E-state index in [1.165, 1.54) is 6.07 Å². The van der Waals surface area contributed by atoms with E-state index in [0.717, 1.165) is 0 Å². The number of fused-ring (bicyclic) bond motifs is 1. The molecule has 2 rings (SSSR count). The molecule has 0 fully saturated rings. The monoisotopic (exact) mass is 163 g/mol. The SMILES string of the molecule is Nc1cccc2c1C(=O)C(=O)O2. The number of hydrogen-bond donors (Lipinski definition) is 1. The summed E-state index contributed by atoms with van der Waals surface area (Å²) < 4.78 is 4.63. The first-order valence-electron chi connectivity index (χ1n) is 3.35. The van der Waals surface area contributed by atoms with Gasteiger partial charge in [-0.25, -0.2) is 4.79 Å². The molecule has 0 amide bonds. The molecule has 1 heterocycles. The summed E-state index contributed by atoms with van der Waals surface area (Å²) in [7, 11) is 0. The average molecular weight is 163 g/mol. The molecule has 0 aliphatic carbocycles. The molecule has 0 atom stereocenters. The van der Waals surface area contributed by atoms with Gasteiger partial charge in [-0.3, -0.25) is 4.79 Å². The van der Waals surface area contributed by atoms with Crippen molar-refractivity contribution in [3.63, 3.8) is 0 Å². The van der Waals surface area contributed by atoms with Gasteiger partial charge in [-0.15, -0.1) is 0 Å². The van der Waals surface area contributed by atoms with E-state index < -0.39 is 11.8 Å². The molecule has 0 saturated carbocycles. The van der Waals surface area contributed by atoms with Crippen LogP contribution in [0.2, 0.25) is 0 Å². The molecule has 0 radical (unpaired) electrons. The second kappa shape index (κ2) is 2.07. The Hall–Kier alpha value is -1.84. The first-order valence-corrected chi connectivity index (χ1v) is 3.35. The van der Waals surface area contributed by atoms with E-state index in [2.05, 4.69) is 4.74 Å². The molecule has 1 aromatic carbocycles. The number of ketones is 1. The first-order chi connectivity index (χ1) is 5.70. The summed E-state index contributed by atoms with van der Waals surface area (Å²) >= 11 is 0. The van der Waals surface area contributed by atoms with Crippen molar-refractivity contribution < 1.29 is 14.3 Å². The second-order valence-electron chi connectivity index (χ2n) is 2.44. The lowest BCUT2D eigenvalue weighted by Gasteiger charge is -1.96. The molecule has 0 bridgehead atoms. The van der Waals surface area contributed by atoms with E-state index in [-0.39, 0.29) is 17.0 Å². The van der Waals surface area contributed by atoms with Crippen molar-refractivity contribution in [2.75, 3.05) is 5.73 Å². The van der Waals surface area contributed by atoms with Gasteiger partial charge in [0.25, 0.3) is 5.78 Å². The molecule has 12 heavy (non-hydrogen) atoms. The fourth-order valence-corrected chi connectivity index (χ4v) is 1.12. The third-order valence-corrected chi connectivity index (χ3v) is 1.67. The van der Waals surface area contributed by atoms with Crippen LogP contribution in [0.5, 0.6) is 5.75 Å². The summed E-state index contributed by atoms with van der Waals surface area (Å²) in [6, 6.07) is 4.72. The normalized spacial score (nSPS) is 14.3. The highest BCUT2D eigenvalue weighted by molar-refractivity contribution is 6.45. The van der Waals surface area contributed by atoms with Gasteiger partial charge in [0.05, 0.1) is 5.56 Å². The highest BCUT2D eigenvalue weighted by atomic mass is 16.5. The van der Waals surface area contributed by atoms with Crippen molar-refractivity contribution in [3.8, 4) is 5.75 Å². The smallest absolute Gasteiger partial charge is 0.385 e. The van der Waals surface area contributed by atoms with Crippen molar-refractivity contribution in [1.29, 1.82) is 0 Å². The number of Topliss-reactive ketones (excluding diaryl/α,β-unsaturated/α-hetero) is 1. The molecular weight excluding hydrogens is 158 g/mol. The third kappa shape index (κ3) is 0.717. The largest absolute Gasteiger partial charge is 0.420 e. The van der Waals surface area contributed by atoms with E-state index in [4.69, 9.17) is 5.73 Å². The quantitative estimate of drug-likeness (QED) is 0.259. The molecular formula is C8H5NO3. The topological polar surface area (TPSA) is 69.4 Å². The summed E-state index contributed by atoms with van der Waals surface area (Å²) in [6.45, 7) is 0. The van der Waals surface area contributed by atoms with Gasteiger partial charge in [0, 0.05) is 5.69 Å². The van der Waals surface area contributed by atoms with Gasteiger partial charge in [0.1, 0.15) is 5.75 Å². The molecule has 60 valence electrons. The Balaban J connectivity index is 2.70. The summed E-state index contributed by atoms with van der Waals surface area (Å²) in [5.74, 6) is -1.27. The number of benzene rings is 1. The van der Waals surface area contributed by atoms with E-state index in [0.29, 0.717) is 0 Å². The van der Waals surface area contributed by atoms with Crippen LogP contribution in [-0.2, 0) is 4.79 Å². The lowest BCUT2D eigenvalue weighted by atomic mass is 10.1. The number of hydrogen-bond acceptors (Lipinski definition) is 4. The molecule has 1 aliphatic heterocycles. The van der Waals surface area contributed by atoms with E-state index in [1.807, 2.05) is 0 Å². The number of nitrogen functional groups attached to an aromatic ring is 1. The van der Waals surface area contributed by atoms with Gasteiger partial charge in [-0.05, 0) is 12.1 Å². The predicted octanol–water partition coefficient (Wildman–Crippen LogP) is 0.370. The second-order valence-corrected chi connectivity index (χ2v) is 2.44. The van der Waals surface area contributed by atoms with Crippen LogP contribution in [-0.4, -0.2) is 11.8 Å². The third-order valence-electron chi connectivity index (χ3n) is 1.67. The Kier molecular flexibility index (Phi) is 1.18. The molecule has 4 nitrogen and oxygen atoms in total. The standard InChI is InChI=1S/C8H5NO3/c9-4-2-1-3-5-6(4)7(10)8(11)12-5/h1-3H,9H2. The van der Waals surface area contributed by atoms with Crippen molar-refractivity contribution in [3.05, 3.63) is 23.8 Å². The molecule has 0 spiro atoms. The van der Waals surface area contributed by atoms with Crippen LogP contribution < -0.4 is 10.5 Å². The van der Waals surface area contributed by atoms with Gasteiger partial charge in [-0.2, -0.15) is 0 Å². The number of ether oxygens (including phenoxy) is 1. The zero-order valence-corrected chi connectivity index (χ0v) is 6.03. The predicted molar refractivity (Wildman–Crippen MR) is 40.8 cm³/mol. The molecule has 1 aliphatic rings. The lowest BCUT2D eigenvalue weighted by molar-refractivity contribution is -0.128. The van der Waals surface area contributed by atoms with Gasteiger partial charge in [0.15, 0.2) is 0 Å². The van der Waals surface area contributed by atoms with Crippen LogP contribution in [0.3, 0.4) is 0 Å². The average Bonchev–Trinajstić information content (AvgIpc) is 2.29. The number of carbonyl (C=O) groups excluding carboxylic acids is 2. The summed E-state index contributed by atoms with van der Waals surface area (Å²) in [5, 5.41) is 0. The van der Waals surface area contributed by atoms with Crippen molar-refractivity contribution in [1.82, 2.24) is 0 Å². The van der Waals surface area contributed by atoms with Gasteiger partial charge in [-0.1, -0.05) is 6.07 Å². The maximum absolute atomic E-state index is 11.1. The van der Waals surface area contributed by atoms with E-state index in [9.17, 15) is 9.59 Å².